The number of anilines is 1. The maximum atomic E-state index is 11.9. The average molecular weight is 315 g/mol. The highest BCUT2D eigenvalue weighted by atomic mass is 16.5. The van der Waals surface area contributed by atoms with Gasteiger partial charge in [-0.2, -0.15) is 0 Å². The number of aromatic hydroxyl groups is 1. The van der Waals surface area contributed by atoms with Crippen LogP contribution in [0.4, 0.5) is 5.69 Å². The number of aryl methyl sites for hydroxylation is 1. The molecule has 1 amide bonds. The van der Waals surface area contributed by atoms with Gasteiger partial charge in [-0.3, -0.25) is 4.79 Å². The molecular formula is C17H17NO5. The van der Waals surface area contributed by atoms with Crippen LogP contribution < -0.4 is 10.1 Å². The second kappa shape index (κ2) is 7.31. The molecule has 0 unspecified atom stereocenters. The molecule has 0 radical (unpaired) electrons. The van der Waals surface area contributed by atoms with Gasteiger partial charge in [0.1, 0.15) is 11.5 Å². The number of phenolic OH excluding ortho intramolecular Hbond substituents is 1. The van der Waals surface area contributed by atoms with Crippen molar-refractivity contribution >= 4 is 17.6 Å². The van der Waals surface area contributed by atoms with Crippen molar-refractivity contribution in [3.8, 4) is 11.5 Å². The van der Waals surface area contributed by atoms with Crippen molar-refractivity contribution in [2.75, 3.05) is 19.0 Å². The molecule has 6 nitrogen and oxygen atoms in total. The number of carbonyl (C=O) groups is 2. The Bertz CT molecular complexity index is 727. The van der Waals surface area contributed by atoms with Gasteiger partial charge in [0, 0.05) is 0 Å². The topological polar surface area (TPSA) is 84.9 Å². The monoisotopic (exact) mass is 315 g/mol. The van der Waals surface area contributed by atoms with Crippen molar-refractivity contribution in [2.24, 2.45) is 0 Å². The van der Waals surface area contributed by atoms with Crippen molar-refractivity contribution in [3.05, 3.63) is 53.6 Å². The largest absolute Gasteiger partial charge is 0.506 e. The highest BCUT2D eigenvalue weighted by Gasteiger charge is 2.12. The van der Waals surface area contributed by atoms with E-state index in [1.165, 1.54) is 25.3 Å². The maximum Gasteiger partial charge on any atom is 0.337 e. The smallest absolute Gasteiger partial charge is 0.337 e. The lowest BCUT2D eigenvalue weighted by atomic mass is 10.2. The number of benzene rings is 2. The van der Waals surface area contributed by atoms with Crippen LogP contribution in [0.3, 0.4) is 0 Å². The quantitative estimate of drug-likeness (QED) is 0.654. The van der Waals surface area contributed by atoms with Gasteiger partial charge >= 0.3 is 5.97 Å². The van der Waals surface area contributed by atoms with E-state index in [-0.39, 0.29) is 23.6 Å². The molecule has 2 N–H and O–H groups in total. The summed E-state index contributed by atoms with van der Waals surface area (Å²) in [5, 5.41) is 12.4. The van der Waals surface area contributed by atoms with Crippen molar-refractivity contribution in [1.82, 2.24) is 0 Å². The Kier molecular flexibility index (Phi) is 5.19. The zero-order valence-corrected chi connectivity index (χ0v) is 12.8. The van der Waals surface area contributed by atoms with Gasteiger partial charge in [-0.1, -0.05) is 18.2 Å². The van der Waals surface area contributed by atoms with E-state index in [1.54, 1.807) is 6.07 Å². The van der Waals surface area contributed by atoms with E-state index in [0.717, 1.165) is 5.56 Å². The third-order valence-electron chi connectivity index (χ3n) is 3.15. The summed E-state index contributed by atoms with van der Waals surface area (Å²) in [6, 6.07) is 11.4. The molecule has 0 spiro atoms. The Morgan fingerprint density at radius 3 is 2.57 bits per heavy atom. The average Bonchev–Trinajstić information content (AvgIpc) is 2.55. The van der Waals surface area contributed by atoms with E-state index in [9.17, 15) is 14.7 Å². The summed E-state index contributed by atoms with van der Waals surface area (Å²) >= 11 is 0. The first-order valence-electron chi connectivity index (χ1n) is 6.91. The number of methoxy groups -OCH3 is 1. The van der Waals surface area contributed by atoms with Gasteiger partial charge in [-0.25, -0.2) is 4.79 Å². The van der Waals surface area contributed by atoms with E-state index >= 15 is 0 Å². The number of esters is 1. The first-order valence-corrected chi connectivity index (χ1v) is 6.91. The first-order chi connectivity index (χ1) is 11.0. The molecule has 23 heavy (non-hydrogen) atoms. The van der Waals surface area contributed by atoms with Gasteiger partial charge in [-0.15, -0.1) is 0 Å². The third kappa shape index (κ3) is 4.23. The lowest BCUT2D eigenvalue weighted by Crippen LogP contribution is -2.20. The Morgan fingerprint density at radius 1 is 1.17 bits per heavy atom. The van der Waals surface area contributed by atoms with Crippen LogP contribution in [-0.2, 0) is 9.53 Å². The Hall–Kier alpha value is -3.02. The van der Waals surface area contributed by atoms with E-state index in [0.29, 0.717) is 5.75 Å². The molecule has 0 bridgehead atoms. The lowest BCUT2D eigenvalue weighted by Gasteiger charge is -2.10. The molecule has 0 saturated heterocycles. The number of para-hydroxylation sites is 1. The fourth-order valence-electron chi connectivity index (χ4n) is 1.93. The van der Waals surface area contributed by atoms with Crippen LogP contribution in [0.1, 0.15) is 15.9 Å². The van der Waals surface area contributed by atoms with Crippen molar-refractivity contribution in [2.45, 2.75) is 6.92 Å². The molecule has 0 fully saturated rings. The van der Waals surface area contributed by atoms with Crippen LogP contribution in [0.25, 0.3) is 0 Å². The molecule has 0 saturated carbocycles. The van der Waals surface area contributed by atoms with Crippen LogP contribution >= 0.6 is 0 Å². The van der Waals surface area contributed by atoms with Gasteiger partial charge in [0.2, 0.25) is 0 Å². The van der Waals surface area contributed by atoms with E-state index in [2.05, 4.69) is 10.1 Å². The molecule has 2 aromatic carbocycles. The summed E-state index contributed by atoms with van der Waals surface area (Å²) in [5.74, 6) is -0.597. The molecule has 0 aliphatic heterocycles. The predicted octanol–water partition coefficient (Wildman–Crippen LogP) is 2.50. The number of amides is 1. The molecular weight excluding hydrogens is 298 g/mol. The second-order valence-electron chi connectivity index (χ2n) is 4.83. The Balaban J connectivity index is 1.98. The fraction of sp³-hybridized carbons (Fsp3) is 0.176. The minimum absolute atomic E-state index is 0.191. The second-order valence-corrected chi connectivity index (χ2v) is 4.83. The van der Waals surface area contributed by atoms with Crippen molar-refractivity contribution in [1.29, 1.82) is 0 Å². The van der Waals surface area contributed by atoms with Gasteiger partial charge in [-0.05, 0) is 36.8 Å². The van der Waals surface area contributed by atoms with Gasteiger partial charge in [0.05, 0.1) is 18.4 Å². The SMILES string of the molecule is COC(=O)c1ccc(NC(=O)COc2ccccc2C)c(O)c1. The van der Waals surface area contributed by atoms with E-state index < -0.39 is 11.9 Å². The normalized spacial score (nSPS) is 10.0. The molecule has 2 aromatic rings. The molecule has 0 aliphatic carbocycles. The van der Waals surface area contributed by atoms with Crippen LogP contribution in [0.5, 0.6) is 11.5 Å². The fourth-order valence-corrected chi connectivity index (χ4v) is 1.93. The van der Waals surface area contributed by atoms with Gasteiger partial charge < -0.3 is 19.9 Å². The van der Waals surface area contributed by atoms with Crippen LogP contribution in [0, 0.1) is 6.92 Å². The van der Waals surface area contributed by atoms with Crippen molar-refractivity contribution in [3.63, 3.8) is 0 Å². The number of nitrogens with one attached hydrogen (secondary N) is 1. The number of ether oxygens (including phenoxy) is 2. The summed E-state index contributed by atoms with van der Waals surface area (Å²) in [4.78, 5) is 23.2. The molecule has 0 aliphatic rings. The van der Waals surface area contributed by atoms with E-state index in [1.807, 2.05) is 25.1 Å². The molecule has 120 valence electrons. The molecule has 0 aromatic heterocycles. The number of hydrogen-bond acceptors (Lipinski definition) is 5. The van der Waals surface area contributed by atoms with Crippen LogP contribution in [-0.4, -0.2) is 30.7 Å². The predicted molar refractivity (Wildman–Crippen MR) is 84.8 cm³/mol. The summed E-state index contributed by atoms with van der Waals surface area (Å²) in [5.41, 5.74) is 1.31. The highest BCUT2D eigenvalue weighted by molar-refractivity contribution is 5.95. The van der Waals surface area contributed by atoms with Crippen LogP contribution in [0.15, 0.2) is 42.5 Å². The molecule has 0 atom stereocenters. The number of carbonyl (C=O) groups excluding carboxylic acids is 2. The number of phenols is 1. The summed E-state index contributed by atoms with van der Waals surface area (Å²) in [6.45, 7) is 1.69. The minimum Gasteiger partial charge on any atom is -0.506 e. The maximum absolute atomic E-state index is 11.9. The van der Waals surface area contributed by atoms with Gasteiger partial charge in [0.25, 0.3) is 5.91 Å². The summed E-state index contributed by atoms with van der Waals surface area (Å²) < 4.78 is 9.98. The lowest BCUT2D eigenvalue weighted by molar-refractivity contribution is -0.118. The third-order valence-corrected chi connectivity index (χ3v) is 3.15. The van der Waals surface area contributed by atoms with Crippen LogP contribution in [0.2, 0.25) is 0 Å². The minimum atomic E-state index is -0.568. The molecule has 0 heterocycles. The molecule has 6 heteroatoms. The number of hydrogen-bond donors (Lipinski definition) is 2. The molecule has 2 rings (SSSR count). The van der Waals surface area contributed by atoms with Crippen molar-refractivity contribution < 1.29 is 24.2 Å². The summed E-state index contributed by atoms with van der Waals surface area (Å²) in [6.07, 6.45) is 0. The van der Waals surface area contributed by atoms with E-state index in [4.69, 9.17) is 4.74 Å². The summed E-state index contributed by atoms with van der Waals surface area (Å²) in [7, 11) is 1.25. The van der Waals surface area contributed by atoms with Gasteiger partial charge in [0.15, 0.2) is 6.61 Å². The Labute approximate surface area is 133 Å². The zero-order chi connectivity index (χ0) is 16.8. The zero-order valence-electron chi connectivity index (χ0n) is 12.8. The first kappa shape index (κ1) is 16.4. The Morgan fingerprint density at radius 2 is 1.91 bits per heavy atom. The highest BCUT2D eigenvalue weighted by Crippen LogP contribution is 2.24. The standard InChI is InChI=1S/C17H17NO5/c1-11-5-3-4-6-15(11)23-10-16(20)18-13-8-7-12(9-14(13)19)17(21)22-2/h3-9,19H,10H2,1-2H3,(H,18,20). The number of rotatable bonds is 5.